The van der Waals surface area contributed by atoms with E-state index in [0.29, 0.717) is 0 Å². The van der Waals surface area contributed by atoms with Crippen LogP contribution in [0.4, 0.5) is 5.69 Å². The zero-order chi connectivity index (χ0) is 13.6. The molecule has 0 bridgehead atoms. The minimum Gasteiger partial charge on any atom is -0.326 e. The summed E-state index contributed by atoms with van der Waals surface area (Å²) in [6, 6.07) is 5.95. The van der Waals surface area contributed by atoms with Gasteiger partial charge in [0.05, 0.1) is 0 Å². The number of carbonyl (C=O) groups excluding carboxylic acids is 1. The molecule has 1 rings (SSSR count). The predicted molar refractivity (Wildman–Crippen MR) is 64.4 cm³/mol. The summed E-state index contributed by atoms with van der Waals surface area (Å²) in [7, 11) is -4.67. The second kappa shape index (κ2) is 6.33. The minimum absolute atomic E-state index is 0.0260. The monoisotopic (exact) mass is 261 g/mol. The molecule has 0 aliphatic rings. The summed E-state index contributed by atoms with van der Waals surface area (Å²) in [4.78, 5) is 10.7. The van der Waals surface area contributed by atoms with Crippen LogP contribution >= 0.6 is 0 Å². The van der Waals surface area contributed by atoms with E-state index in [1.165, 1.54) is 12.5 Å². The fraction of sp³-hybridized carbons (Fsp3) is 0.300. The summed E-state index contributed by atoms with van der Waals surface area (Å²) < 4.78 is 31.6. The molecule has 0 aliphatic heterocycles. The van der Waals surface area contributed by atoms with Crippen molar-refractivity contribution in [3.05, 3.63) is 29.3 Å². The number of carbonyl (C=O) groups is 1. The van der Waals surface area contributed by atoms with Crippen LogP contribution in [0.3, 0.4) is 0 Å². The maximum absolute atomic E-state index is 10.7. The largest absolute Gasteiger partial charge is 0.394 e. The fourth-order valence-corrected chi connectivity index (χ4v) is 1.14. The van der Waals surface area contributed by atoms with E-state index < -0.39 is 10.4 Å². The van der Waals surface area contributed by atoms with Crippen molar-refractivity contribution in [2.75, 3.05) is 5.32 Å². The Morgan fingerprint density at radius 3 is 2.06 bits per heavy atom. The molecule has 0 spiro atoms. The van der Waals surface area contributed by atoms with E-state index in [0.717, 1.165) is 11.3 Å². The highest BCUT2D eigenvalue weighted by molar-refractivity contribution is 7.79. The molecule has 17 heavy (non-hydrogen) atoms. The van der Waals surface area contributed by atoms with Crippen LogP contribution in [0.15, 0.2) is 18.2 Å². The standard InChI is InChI=1S/C10H13NO.H2O4S/c1-7-4-5-10(8(2)6-7)11-9(3)12;1-5(2,3)4/h4-6H,1-3H3,(H,11,12);(H2,1,2,3,4). The number of aryl methyl sites for hydroxylation is 2. The molecule has 0 aromatic heterocycles. The van der Waals surface area contributed by atoms with Gasteiger partial charge in [0.15, 0.2) is 0 Å². The summed E-state index contributed by atoms with van der Waals surface area (Å²) in [5.74, 6) is -0.0260. The lowest BCUT2D eigenvalue weighted by Crippen LogP contribution is -2.06. The number of hydrogen-bond donors (Lipinski definition) is 3. The van der Waals surface area contributed by atoms with Gasteiger partial charge in [-0.25, -0.2) is 0 Å². The van der Waals surface area contributed by atoms with Gasteiger partial charge in [0.2, 0.25) is 5.91 Å². The second-order valence-electron chi connectivity index (χ2n) is 3.45. The van der Waals surface area contributed by atoms with Gasteiger partial charge in [0, 0.05) is 12.6 Å². The minimum atomic E-state index is -4.67. The lowest BCUT2D eigenvalue weighted by atomic mass is 10.1. The van der Waals surface area contributed by atoms with Crippen molar-refractivity contribution < 1.29 is 22.3 Å². The molecule has 0 saturated heterocycles. The first-order chi connectivity index (χ1) is 7.59. The van der Waals surface area contributed by atoms with Gasteiger partial charge in [-0.1, -0.05) is 17.7 Å². The van der Waals surface area contributed by atoms with Crippen molar-refractivity contribution in [3.8, 4) is 0 Å². The molecule has 0 heterocycles. The van der Waals surface area contributed by atoms with Gasteiger partial charge in [-0.2, -0.15) is 8.42 Å². The number of anilines is 1. The average Bonchev–Trinajstić information content (AvgIpc) is 2.06. The third-order valence-electron chi connectivity index (χ3n) is 1.69. The molecule has 6 nitrogen and oxygen atoms in total. The van der Waals surface area contributed by atoms with E-state index in [1.807, 2.05) is 32.0 Å². The Balaban J connectivity index is 0.000000437. The van der Waals surface area contributed by atoms with Gasteiger partial charge in [-0.3, -0.25) is 13.9 Å². The Bertz CT molecular complexity index is 487. The number of nitrogens with one attached hydrogen (secondary N) is 1. The Morgan fingerprint density at radius 1 is 1.24 bits per heavy atom. The highest BCUT2D eigenvalue weighted by Gasteiger charge is 1.98. The number of hydrogen-bond acceptors (Lipinski definition) is 3. The van der Waals surface area contributed by atoms with Crippen LogP contribution in [0.25, 0.3) is 0 Å². The predicted octanol–water partition coefficient (Wildman–Crippen LogP) is 1.61. The number of benzene rings is 1. The molecule has 0 atom stereocenters. The molecule has 96 valence electrons. The van der Waals surface area contributed by atoms with E-state index in [-0.39, 0.29) is 5.91 Å². The first-order valence-electron chi connectivity index (χ1n) is 4.64. The number of amides is 1. The Kier molecular flexibility index (Phi) is 5.80. The van der Waals surface area contributed by atoms with Crippen LogP contribution in [-0.2, 0) is 15.2 Å². The van der Waals surface area contributed by atoms with Gasteiger partial charge in [0.25, 0.3) is 0 Å². The van der Waals surface area contributed by atoms with Crippen LogP contribution in [0.2, 0.25) is 0 Å². The lowest BCUT2D eigenvalue weighted by Gasteiger charge is -2.06. The molecule has 0 unspecified atom stereocenters. The summed E-state index contributed by atoms with van der Waals surface area (Å²) >= 11 is 0. The second-order valence-corrected chi connectivity index (χ2v) is 4.34. The highest BCUT2D eigenvalue weighted by atomic mass is 32.3. The average molecular weight is 261 g/mol. The van der Waals surface area contributed by atoms with E-state index >= 15 is 0 Å². The van der Waals surface area contributed by atoms with Gasteiger partial charge >= 0.3 is 10.4 Å². The van der Waals surface area contributed by atoms with Crippen LogP contribution in [-0.4, -0.2) is 23.4 Å². The van der Waals surface area contributed by atoms with E-state index in [4.69, 9.17) is 17.5 Å². The molecule has 0 saturated carbocycles. The molecule has 1 amide bonds. The summed E-state index contributed by atoms with van der Waals surface area (Å²) in [6.07, 6.45) is 0. The van der Waals surface area contributed by atoms with E-state index in [1.54, 1.807) is 0 Å². The van der Waals surface area contributed by atoms with Crippen LogP contribution in [0.1, 0.15) is 18.1 Å². The van der Waals surface area contributed by atoms with E-state index in [9.17, 15) is 4.79 Å². The normalized spacial score (nSPS) is 10.2. The van der Waals surface area contributed by atoms with Gasteiger partial charge in [0.1, 0.15) is 0 Å². The van der Waals surface area contributed by atoms with Crippen molar-refractivity contribution >= 4 is 22.0 Å². The molecule has 0 radical (unpaired) electrons. The van der Waals surface area contributed by atoms with Crippen molar-refractivity contribution in [3.63, 3.8) is 0 Å². The van der Waals surface area contributed by atoms with Crippen molar-refractivity contribution in [2.24, 2.45) is 0 Å². The molecule has 1 aromatic rings. The van der Waals surface area contributed by atoms with Crippen molar-refractivity contribution in [1.82, 2.24) is 0 Å². The maximum Gasteiger partial charge on any atom is 0.394 e. The molecular weight excluding hydrogens is 246 g/mol. The van der Waals surface area contributed by atoms with Gasteiger partial charge in [-0.05, 0) is 25.5 Å². The van der Waals surface area contributed by atoms with Gasteiger partial charge < -0.3 is 5.32 Å². The van der Waals surface area contributed by atoms with Crippen molar-refractivity contribution in [2.45, 2.75) is 20.8 Å². The van der Waals surface area contributed by atoms with Crippen LogP contribution in [0.5, 0.6) is 0 Å². The third kappa shape index (κ3) is 9.49. The molecular formula is C10H15NO5S. The van der Waals surface area contributed by atoms with Crippen LogP contribution < -0.4 is 5.32 Å². The zero-order valence-electron chi connectivity index (χ0n) is 9.76. The molecule has 0 fully saturated rings. The Labute approximate surface area is 100 Å². The quantitative estimate of drug-likeness (QED) is 0.666. The molecule has 3 N–H and O–H groups in total. The maximum atomic E-state index is 10.7. The SMILES string of the molecule is CC(=O)Nc1ccc(C)cc1C.O=S(=O)(O)O. The first kappa shape index (κ1) is 15.6. The summed E-state index contributed by atoms with van der Waals surface area (Å²) in [5, 5.41) is 2.76. The van der Waals surface area contributed by atoms with Crippen LogP contribution in [0, 0.1) is 13.8 Å². The first-order valence-corrected chi connectivity index (χ1v) is 6.04. The zero-order valence-corrected chi connectivity index (χ0v) is 10.6. The van der Waals surface area contributed by atoms with Crippen molar-refractivity contribution in [1.29, 1.82) is 0 Å². The Hall–Kier alpha value is -1.44. The molecule has 1 aromatic carbocycles. The topological polar surface area (TPSA) is 104 Å². The molecule has 7 heteroatoms. The smallest absolute Gasteiger partial charge is 0.326 e. The summed E-state index contributed by atoms with van der Waals surface area (Å²) in [5.41, 5.74) is 3.21. The molecule has 0 aliphatic carbocycles. The highest BCUT2D eigenvalue weighted by Crippen LogP contribution is 2.15. The van der Waals surface area contributed by atoms with Gasteiger partial charge in [-0.15, -0.1) is 0 Å². The summed E-state index contributed by atoms with van der Waals surface area (Å²) in [6.45, 7) is 5.53. The number of rotatable bonds is 1. The lowest BCUT2D eigenvalue weighted by molar-refractivity contribution is -0.114. The fourth-order valence-electron chi connectivity index (χ4n) is 1.14. The Morgan fingerprint density at radius 2 is 1.71 bits per heavy atom. The van der Waals surface area contributed by atoms with E-state index in [2.05, 4.69) is 5.32 Å². The third-order valence-corrected chi connectivity index (χ3v) is 1.69.